The van der Waals surface area contributed by atoms with Gasteiger partial charge in [0.05, 0.1) is 6.61 Å². The van der Waals surface area contributed by atoms with Crippen LogP contribution in [0.25, 0.3) is 0 Å². The van der Waals surface area contributed by atoms with Gasteiger partial charge >= 0.3 is 6.16 Å². The largest absolute Gasteiger partial charge is 0.509 e. The van der Waals surface area contributed by atoms with Gasteiger partial charge in [0.2, 0.25) is 5.60 Å². The van der Waals surface area contributed by atoms with E-state index in [-0.39, 0.29) is 23.2 Å². The van der Waals surface area contributed by atoms with E-state index in [2.05, 4.69) is 19.9 Å². The van der Waals surface area contributed by atoms with Gasteiger partial charge in [0.1, 0.15) is 6.07 Å². The second-order valence-corrected chi connectivity index (χ2v) is 9.69. The molecule has 0 aromatic carbocycles. The summed E-state index contributed by atoms with van der Waals surface area (Å²) in [7, 11) is 0. The quantitative estimate of drug-likeness (QED) is 0.628. The van der Waals surface area contributed by atoms with Gasteiger partial charge in [0.25, 0.3) is 0 Å². The number of fused-ring (bicyclic) bond motifs is 5. The van der Waals surface area contributed by atoms with Crippen molar-refractivity contribution in [1.82, 2.24) is 0 Å². The summed E-state index contributed by atoms with van der Waals surface area (Å²) in [6, 6.07) is 2.39. The van der Waals surface area contributed by atoms with Gasteiger partial charge < -0.3 is 9.47 Å². The molecule has 6 atom stereocenters. The average Bonchev–Trinajstić information content (AvgIpc) is 2.95. The second kappa shape index (κ2) is 6.61. The van der Waals surface area contributed by atoms with E-state index in [1.807, 2.05) is 6.08 Å². The molecule has 0 N–H and O–H groups in total. The fraction of sp³-hybridized carbons (Fsp3) is 0.783. The predicted molar refractivity (Wildman–Crippen MR) is 103 cm³/mol. The molecule has 0 heterocycles. The molecule has 0 aliphatic heterocycles. The number of nitrogens with zero attached hydrogens (tertiary/aromatic N) is 1. The highest BCUT2D eigenvalue weighted by Gasteiger charge is 2.66. The first kappa shape index (κ1) is 19.5. The lowest BCUT2D eigenvalue weighted by molar-refractivity contribution is -0.122. The van der Waals surface area contributed by atoms with Crippen molar-refractivity contribution in [2.24, 2.45) is 28.6 Å². The summed E-state index contributed by atoms with van der Waals surface area (Å²) in [4.78, 5) is 24.1. The number of carbonyl (C=O) groups excluding carboxylic acids is 2. The molecule has 0 aromatic heterocycles. The fourth-order valence-corrected chi connectivity index (χ4v) is 7.22. The predicted octanol–water partition coefficient (Wildman–Crippen LogP) is 4.95. The Labute approximate surface area is 167 Å². The monoisotopic (exact) mass is 385 g/mol. The molecular formula is C23H31NO4. The lowest BCUT2D eigenvalue weighted by atomic mass is 9.46. The molecule has 5 nitrogen and oxygen atoms in total. The topological polar surface area (TPSA) is 76.4 Å². The summed E-state index contributed by atoms with van der Waals surface area (Å²) in [6.07, 6.45) is 8.26. The van der Waals surface area contributed by atoms with E-state index in [0.29, 0.717) is 30.6 Å². The number of ether oxygens (including phenoxy) is 2. The Morgan fingerprint density at radius 2 is 1.93 bits per heavy atom. The molecule has 0 bridgehead atoms. The van der Waals surface area contributed by atoms with Crippen molar-refractivity contribution in [2.45, 2.75) is 77.7 Å². The van der Waals surface area contributed by atoms with Crippen LogP contribution in [0.2, 0.25) is 0 Å². The Morgan fingerprint density at radius 1 is 1.18 bits per heavy atom. The number of carbonyl (C=O) groups is 2. The molecule has 6 unspecified atom stereocenters. The molecule has 0 saturated heterocycles. The summed E-state index contributed by atoms with van der Waals surface area (Å²) in [5.41, 5.74) is 0.0328. The maximum absolute atomic E-state index is 12.1. The molecule has 3 fully saturated rings. The molecule has 4 aliphatic carbocycles. The third-order valence-corrected chi connectivity index (χ3v) is 8.78. The average molecular weight is 386 g/mol. The lowest BCUT2D eigenvalue weighted by Gasteiger charge is -2.58. The van der Waals surface area contributed by atoms with Gasteiger partial charge in [0, 0.05) is 18.3 Å². The molecule has 4 aliphatic rings. The van der Waals surface area contributed by atoms with Gasteiger partial charge in [-0.3, -0.25) is 4.79 Å². The first-order valence-corrected chi connectivity index (χ1v) is 10.8. The summed E-state index contributed by atoms with van der Waals surface area (Å²) in [6.45, 7) is 6.50. The third kappa shape index (κ3) is 2.56. The van der Waals surface area contributed by atoms with E-state index in [0.717, 1.165) is 38.5 Å². The minimum atomic E-state index is -1.09. The highest BCUT2D eigenvalue weighted by Crippen LogP contribution is 2.68. The standard InChI is InChI=1S/C23H31NO4/c1-4-27-20(26)28-23(14-24)12-9-19-17-6-5-15-13-16(25)7-10-21(15,2)18(17)8-11-22(19,23)3/h13,17-19H,4-12H2,1-3H3. The van der Waals surface area contributed by atoms with Gasteiger partial charge in [0.15, 0.2) is 5.78 Å². The number of allylic oxidation sites excluding steroid dienone is 1. The zero-order valence-electron chi connectivity index (χ0n) is 17.3. The number of hydrogen-bond acceptors (Lipinski definition) is 5. The van der Waals surface area contributed by atoms with Crippen molar-refractivity contribution in [3.8, 4) is 6.07 Å². The van der Waals surface area contributed by atoms with E-state index in [4.69, 9.17) is 9.47 Å². The van der Waals surface area contributed by atoms with E-state index in [1.54, 1.807) is 6.92 Å². The molecule has 0 amide bonds. The highest BCUT2D eigenvalue weighted by molar-refractivity contribution is 5.91. The van der Waals surface area contributed by atoms with Crippen LogP contribution in [0.4, 0.5) is 4.79 Å². The first-order chi connectivity index (χ1) is 13.3. The smallest absolute Gasteiger partial charge is 0.435 e. The number of nitriles is 1. The maximum Gasteiger partial charge on any atom is 0.509 e. The molecule has 5 heteroatoms. The molecule has 0 spiro atoms. The second-order valence-electron chi connectivity index (χ2n) is 9.69. The zero-order valence-corrected chi connectivity index (χ0v) is 17.3. The molecule has 28 heavy (non-hydrogen) atoms. The van der Waals surface area contributed by atoms with Crippen LogP contribution in [0.15, 0.2) is 11.6 Å². The van der Waals surface area contributed by atoms with Crippen molar-refractivity contribution in [3.05, 3.63) is 11.6 Å². The van der Waals surface area contributed by atoms with Crippen molar-refractivity contribution in [3.63, 3.8) is 0 Å². The Bertz CT molecular complexity index is 767. The van der Waals surface area contributed by atoms with E-state index in [9.17, 15) is 14.9 Å². The van der Waals surface area contributed by atoms with E-state index >= 15 is 0 Å². The van der Waals surface area contributed by atoms with Crippen LogP contribution in [0.5, 0.6) is 0 Å². The van der Waals surface area contributed by atoms with Crippen LogP contribution in [0.1, 0.15) is 72.1 Å². The number of ketones is 1. The normalized spacial score (nSPS) is 44.4. The summed E-state index contributed by atoms with van der Waals surface area (Å²) in [5.74, 6) is 1.72. The van der Waals surface area contributed by atoms with Crippen LogP contribution in [-0.4, -0.2) is 24.1 Å². The first-order valence-electron chi connectivity index (χ1n) is 10.8. The summed E-state index contributed by atoms with van der Waals surface area (Å²) < 4.78 is 10.7. The highest BCUT2D eigenvalue weighted by atomic mass is 16.7. The van der Waals surface area contributed by atoms with Crippen molar-refractivity contribution < 1.29 is 19.1 Å². The minimum Gasteiger partial charge on any atom is -0.435 e. The van der Waals surface area contributed by atoms with Crippen molar-refractivity contribution in [2.75, 3.05) is 6.61 Å². The van der Waals surface area contributed by atoms with Gasteiger partial charge in [-0.15, -0.1) is 0 Å². The minimum absolute atomic E-state index is 0.109. The Morgan fingerprint density at radius 3 is 2.64 bits per heavy atom. The maximum atomic E-state index is 12.1. The van der Waals surface area contributed by atoms with Gasteiger partial charge in [-0.05, 0) is 74.7 Å². The molecule has 0 aromatic rings. The summed E-state index contributed by atoms with van der Waals surface area (Å²) >= 11 is 0. The molecular weight excluding hydrogens is 354 g/mol. The van der Waals surface area contributed by atoms with E-state index < -0.39 is 11.8 Å². The number of rotatable bonds is 2. The SMILES string of the molecule is CCOC(=O)OC1(C#N)CCC2C3CCC4=CC(=O)CCC4(C)C3CCC21C. The van der Waals surface area contributed by atoms with Gasteiger partial charge in [-0.2, -0.15) is 5.26 Å². The van der Waals surface area contributed by atoms with Crippen LogP contribution in [-0.2, 0) is 14.3 Å². The Kier molecular flexibility index (Phi) is 4.60. The third-order valence-electron chi connectivity index (χ3n) is 8.78. The Balaban J connectivity index is 1.64. The number of hydrogen-bond donors (Lipinski definition) is 0. The Hall–Kier alpha value is -1.83. The molecule has 3 saturated carbocycles. The van der Waals surface area contributed by atoms with E-state index in [1.165, 1.54) is 5.57 Å². The fourth-order valence-electron chi connectivity index (χ4n) is 7.22. The van der Waals surface area contributed by atoms with Crippen LogP contribution < -0.4 is 0 Å². The van der Waals surface area contributed by atoms with Gasteiger partial charge in [-0.1, -0.05) is 19.4 Å². The van der Waals surface area contributed by atoms with Gasteiger partial charge in [-0.25, -0.2) is 4.79 Å². The van der Waals surface area contributed by atoms with Crippen molar-refractivity contribution >= 4 is 11.9 Å². The zero-order chi connectivity index (χ0) is 20.2. The van der Waals surface area contributed by atoms with Crippen LogP contribution in [0.3, 0.4) is 0 Å². The van der Waals surface area contributed by atoms with Crippen LogP contribution in [0, 0.1) is 39.9 Å². The van der Waals surface area contributed by atoms with Crippen molar-refractivity contribution in [1.29, 1.82) is 5.26 Å². The lowest BCUT2D eigenvalue weighted by Crippen LogP contribution is -2.55. The summed E-state index contributed by atoms with van der Waals surface area (Å²) in [5, 5.41) is 10.1. The van der Waals surface area contributed by atoms with Crippen LogP contribution >= 0.6 is 0 Å². The molecule has 4 rings (SSSR count). The molecule has 152 valence electrons. The molecule has 0 radical (unpaired) electrons.